The fourth-order valence-electron chi connectivity index (χ4n) is 3.44. The second-order valence-corrected chi connectivity index (χ2v) is 6.93. The molecule has 0 atom stereocenters. The van der Waals surface area contributed by atoms with Gasteiger partial charge in [-0.3, -0.25) is 5.11 Å². The van der Waals surface area contributed by atoms with Gasteiger partial charge in [-0.25, -0.2) is 4.98 Å². The summed E-state index contributed by atoms with van der Waals surface area (Å²) in [4.78, 5) is 6.83. The van der Waals surface area contributed by atoms with Gasteiger partial charge in [-0.2, -0.15) is 13.2 Å². The topological polar surface area (TPSA) is 36.0 Å². The lowest BCUT2D eigenvalue weighted by molar-refractivity contribution is -0.137. The minimum Gasteiger partial charge on any atom is -0.356 e. The van der Waals surface area contributed by atoms with Crippen LogP contribution in [0, 0.1) is 0 Å². The Morgan fingerprint density at radius 1 is 0.929 bits per heavy atom. The van der Waals surface area contributed by atoms with Crippen LogP contribution in [0.4, 0.5) is 19.0 Å². The summed E-state index contributed by atoms with van der Waals surface area (Å²) in [5, 5.41) is 12.3. The lowest BCUT2D eigenvalue weighted by Gasteiger charge is -2.29. The van der Waals surface area contributed by atoms with Gasteiger partial charge in [0.05, 0.1) is 11.1 Å². The van der Waals surface area contributed by atoms with Crippen LogP contribution in [0.3, 0.4) is 0 Å². The van der Waals surface area contributed by atoms with Crippen molar-refractivity contribution in [1.29, 1.82) is 0 Å². The van der Waals surface area contributed by atoms with E-state index in [4.69, 9.17) is 0 Å². The quantitative estimate of drug-likeness (QED) is 0.538. The monoisotopic (exact) mass is 383 g/mol. The molecule has 0 saturated carbocycles. The average molecular weight is 383 g/mol. The Hall–Kier alpha value is -3.02. The zero-order valence-corrected chi connectivity index (χ0v) is 15.0. The van der Waals surface area contributed by atoms with Gasteiger partial charge in [0.25, 0.3) is 0 Å². The van der Waals surface area contributed by atoms with E-state index in [0.717, 1.165) is 60.3 Å². The standard InChI is InChI=1S/C22H18F3N2O/c23-22(24,25)18-4-1-15(2-5-18)13-16-9-11-27(12-10-16)21-8-3-17-14-19(28)6-7-20(17)26-21/h1-8,13-14H,9-12H2. The molecule has 1 aliphatic heterocycles. The summed E-state index contributed by atoms with van der Waals surface area (Å²) in [6.07, 6.45) is -0.666. The molecule has 0 aliphatic carbocycles. The molecule has 1 aromatic heterocycles. The summed E-state index contributed by atoms with van der Waals surface area (Å²) in [5.74, 6) is 0.845. The van der Waals surface area contributed by atoms with Crippen LogP contribution in [0.15, 0.2) is 60.2 Å². The minimum absolute atomic E-state index is 0.0296. The lowest BCUT2D eigenvalue weighted by atomic mass is 10.00. The van der Waals surface area contributed by atoms with Gasteiger partial charge in [0.15, 0.2) is 5.75 Å². The first kappa shape index (κ1) is 18.3. The molecule has 0 spiro atoms. The highest BCUT2D eigenvalue weighted by molar-refractivity contribution is 5.81. The van der Waals surface area contributed by atoms with E-state index >= 15 is 0 Å². The van der Waals surface area contributed by atoms with E-state index in [1.165, 1.54) is 23.8 Å². The van der Waals surface area contributed by atoms with Crippen molar-refractivity contribution in [2.45, 2.75) is 19.0 Å². The number of aromatic nitrogens is 1. The van der Waals surface area contributed by atoms with Gasteiger partial charge in [0, 0.05) is 18.5 Å². The fraction of sp³-hybridized carbons (Fsp3) is 0.227. The molecule has 1 radical (unpaired) electrons. The van der Waals surface area contributed by atoms with Crippen LogP contribution in [-0.2, 0) is 11.3 Å². The molecule has 1 fully saturated rings. The van der Waals surface area contributed by atoms with Gasteiger partial charge < -0.3 is 4.90 Å². The maximum atomic E-state index is 12.7. The van der Waals surface area contributed by atoms with Gasteiger partial charge in [-0.1, -0.05) is 23.8 Å². The number of nitrogens with zero attached hydrogens (tertiary/aromatic N) is 2. The largest absolute Gasteiger partial charge is 0.416 e. The molecule has 0 amide bonds. The highest BCUT2D eigenvalue weighted by Gasteiger charge is 2.29. The van der Waals surface area contributed by atoms with Crippen molar-refractivity contribution in [3.63, 3.8) is 0 Å². The third-order valence-corrected chi connectivity index (χ3v) is 4.98. The molecule has 0 unspecified atom stereocenters. The van der Waals surface area contributed by atoms with Crippen LogP contribution in [0.25, 0.3) is 17.0 Å². The van der Waals surface area contributed by atoms with Gasteiger partial charge in [0.2, 0.25) is 0 Å². The van der Waals surface area contributed by atoms with E-state index < -0.39 is 11.7 Å². The molecule has 1 aliphatic rings. The molecule has 2 heterocycles. The molecule has 0 N–H and O–H groups in total. The third kappa shape index (κ3) is 3.96. The second kappa shape index (κ2) is 7.19. The molecular weight excluding hydrogens is 365 g/mol. The van der Waals surface area contributed by atoms with Crippen LogP contribution in [0.1, 0.15) is 24.0 Å². The molecule has 1 saturated heterocycles. The maximum absolute atomic E-state index is 12.7. The zero-order valence-electron chi connectivity index (χ0n) is 15.0. The summed E-state index contributed by atoms with van der Waals surface area (Å²) in [6, 6.07) is 13.9. The SMILES string of the molecule is [O]c1ccc2nc(N3CCC(=Cc4ccc(C(F)(F)F)cc4)CC3)ccc2c1. The van der Waals surface area contributed by atoms with Crippen LogP contribution in [0.2, 0.25) is 0 Å². The smallest absolute Gasteiger partial charge is 0.356 e. The Morgan fingerprint density at radius 3 is 2.32 bits per heavy atom. The minimum atomic E-state index is -4.31. The number of alkyl halides is 3. The normalized spacial score (nSPS) is 15.1. The van der Waals surface area contributed by atoms with Crippen molar-refractivity contribution in [2.24, 2.45) is 0 Å². The van der Waals surface area contributed by atoms with Crippen molar-refractivity contribution in [3.8, 4) is 5.75 Å². The fourth-order valence-corrected chi connectivity index (χ4v) is 3.44. The predicted molar refractivity (Wildman–Crippen MR) is 103 cm³/mol. The number of piperidine rings is 1. The summed E-state index contributed by atoms with van der Waals surface area (Å²) < 4.78 is 38.0. The third-order valence-electron chi connectivity index (χ3n) is 4.98. The van der Waals surface area contributed by atoms with E-state index in [1.54, 1.807) is 12.1 Å². The van der Waals surface area contributed by atoms with Gasteiger partial charge >= 0.3 is 6.18 Å². The first-order valence-electron chi connectivity index (χ1n) is 9.08. The second-order valence-electron chi connectivity index (χ2n) is 6.93. The number of halogens is 3. The van der Waals surface area contributed by atoms with Crippen molar-refractivity contribution < 1.29 is 18.3 Å². The molecule has 3 nitrogen and oxygen atoms in total. The first-order valence-corrected chi connectivity index (χ1v) is 9.08. The van der Waals surface area contributed by atoms with E-state index in [2.05, 4.69) is 9.88 Å². The van der Waals surface area contributed by atoms with Gasteiger partial charge in [-0.05, 0) is 60.9 Å². The molecular formula is C22H18F3N2O. The van der Waals surface area contributed by atoms with Crippen LogP contribution in [0.5, 0.6) is 5.75 Å². The van der Waals surface area contributed by atoms with Gasteiger partial charge in [0.1, 0.15) is 5.82 Å². The van der Waals surface area contributed by atoms with E-state index in [1.807, 2.05) is 18.2 Å². The Kier molecular flexibility index (Phi) is 4.71. The Bertz CT molecular complexity index is 1020. The van der Waals surface area contributed by atoms with E-state index in [9.17, 15) is 18.3 Å². The average Bonchev–Trinajstić information content (AvgIpc) is 2.68. The van der Waals surface area contributed by atoms with E-state index in [-0.39, 0.29) is 5.75 Å². The molecule has 0 bridgehead atoms. The zero-order chi connectivity index (χ0) is 19.7. The summed E-state index contributed by atoms with van der Waals surface area (Å²) in [5.41, 5.74) is 2.17. The maximum Gasteiger partial charge on any atom is 0.416 e. The number of benzene rings is 2. The summed E-state index contributed by atoms with van der Waals surface area (Å²) >= 11 is 0. The van der Waals surface area contributed by atoms with Gasteiger partial charge in [-0.15, -0.1) is 0 Å². The molecule has 2 aromatic carbocycles. The molecule has 6 heteroatoms. The Labute approximate surface area is 160 Å². The van der Waals surface area contributed by atoms with Crippen LogP contribution < -0.4 is 4.90 Å². The number of hydrogen-bond acceptors (Lipinski definition) is 2. The van der Waals surface area contributed by atoms with Crippen molar-refractivity contribution in [3.05, 3.63) is 71.3 Å². The Morgan fingerprint density at radius 2 is 1.64 bits per heavy atom. The summed E-state index contributed by atoms with van der Waals surface area (Å²) in [6.45, 7) is 1.59. The van der Waals surface area contributed by atoms with Crippen LogP contribution >= 0.6 is 0 Å². The predicted octanol–water partition coefficient (Wildman–Crippen LogP) is 6.08. The number of pyridine rings is 1. The highest BCUT2D eigenvalue weighted by atomic mass is 19.4. The van der Waals surface area contributed by atoms with Crippen molar-refractivity contribution >= 4 is 22.8 Å². The molecule has 4 rings (SSSR count). The number of anilines is 1. The number of rotatable bonds is 2. The number of hydrogen-bond donors (Lipinski definition) is 0. The number of fused-ring (bicyclic) bond motifs is 1. The molecule has 3 aromatic rings. The van der Waals surface area contributed by atoms with Crippen LogP contribution in [-0.4, -0.2) is 18.1 Å². The molecule has 143 valence electrons. The van der Waals surface area contributed by atoms with Crippen molar-refractivity contribution in [1.82, 2.24) is 4.98 Å². The first-order chi connectivity index (χ1) is 13.4. The highest BCUT2D eigenvalue weighted by Crippen LogP contribution is 2.30. The van der Waals surface area contributed by atoms with E-state index in [0.29, 0.717) is 0 Å². The summed E-state index contributed by atoms with van der Waals surface area (Å²) in [7, 11) is 0. The lowest BCUT2D eigenvalue weighted by Crippen LogP contribution is -2.31. The molecule has 28 heavy (non-hydrogen) atoms. The van der Waals surface area contributed by atoms with Crippen molar-refractivity contribution in [2.75, 3.05) is 18.0 Å². The Balaban J connectivity index is 1.44.